The molecule has 1 aromatic carbocycles. The highest BCUT2D eigenvalue weighted by molar-refractivity contribution is 9.10. The van der Waals surface area contributed by atoms with Gasteiger partial charge in [0.05, 0.1) is 16.4 Å². The van der Waals surface area contributed by atoms with Crippen LogP contribution in [0.4, 0.5) is 4.39 Å². The molecule has 5 nitrogen and oxygen atoms in total. The highest BCUT2D eigenvalue weighted by atomic mass is 79.9. The van der Waals surface area contributed by atoms with Gasteiger partial charge in [0.15, 0.2) is 0 Å². The van der Waals surface area contributed by atoms with Gasteiger partial charge in [-0.25, -0.2) is 9.07 Å². The van der Waals surface area contributed by atoms with Crippen molar-refractivity contribution in [1.29, 1.82) is 0 Å². The quantitative estimate of drug-likeness (QED) is 0.741. The second-order valence-corrected chi connectivity index (χ2v) is 5.24. The third kappa shape index (κ3) is 3.66. The molecule has 0 amide bonds. The van der Waals surface area contributed by atoms with E-state index in [-0.39, 0.29) is 5.82 Å². The van der Waals surface area contributed by atoms with Gasteiger partial charge in [-0.05, 0) is 48.3 Å². The second kappa shape index (κ2) is 7.11. The van der Waals surface area contributed by atoms with Gasteiger partial charge < -0.3 is 9.47 Å². The van der Waals surface area contributed by atoms with Crippen LogP contribution in [0.2, 0.25) is 0 Å². The van der Waals surface area contributed by atoms with Gasteiger partial charge in [0.2, 0.25) is 6.29 Å². The lowest BCUT2D eigenvalue weighted by Gasteiger charge is -2.13. The van der Waals surface area contributed by atoms with Crippen LogP contribution in [0.3, 0.4) is 0 Å². The van der Waals surface area contributed by atoms with E-state index in [0.717, 1.165) is 5.56 Å². The largest absolute Gasteiger partial charge is 0.347 e. The fraction of sp³-hybridized carbons (Fsp3) is 0.429. The third-order valence-corrected chi connectivity index (χ3v) is 3.48. The van der Waals surface area contributed by atoms with Gasteiger partial charge in [-0.15, -0.1) is 5.10 Å². The number of ether oxygens (including phenoxy) is 2. The minimum absolute atomic E-state index is 0.348. The minimum atomic E-state index is -0.561. The number of benzene rings is 1. The van der Waals surface area contributed by atoms with Crippen molar-refractivity contribution in [2.24, 2.45) is 0 Å². The Morgan fingerprint density at radius 2 is 1.95 bits per heavy atom. The molecule has 7 heteroatoms. The van der Waals surface area contributed by atoms with E-state index < -0.39 is 6.29 Å². The van der Waals surface area contributed by atoms with Crippen LogP contribution in [0.5, 0.6) is 0 Å². The van der Waals surface area contributed by atoms with Crippen molar-refractivity contribution >= 4 is 15.9 Å². The Labute approximate surface area is 131 Å². The maximum Gasteiger partial charge on any atom is 0.204 e. The zero-order valence-electron chi connectivity index (χ0n) is 12.1. The highest BCUT2D eigenvalue weighted by Gasteiger charge is 2.17. The first kappa shape index (κ1) is 16.1. The molecule has 1 heterocycles. The summed E-state index contributed by atoms with van der Waals surface area (Å²) >= 11 is 3.16. The molecule has 0 radical (unpaired) electrons. The number of hydrogen-bond donors (Lipinski definition) is 0. The van der Waals surface area contributed by atoms with Gasteiger partial charge in [0.1, 0.15) is 11.5 Å². The van der Waals surface area contributed by atoms with Crippen molar-refractivity contribution in [3.05, 3.63) is 39.9 Å². The maximum absolute atomic E-state index is 13.7. The summed E-state index contributed by atoms with van der Waals surface area (Å²) in [5.41, 5.74) is 2.06. The van der Waals surface area contributed by atoms with Gasteiger partial charge in [-0.2, -0.15) is 0 Å². The number of rotatable bonds is 6. The Kier molecular flexibility index (Phi) is 5.44. The first-order valence-electron chi connectivity index (χ1n) is 6.68. The molecule has 0 saturated heterocycles. The monoisotopic (exact) mass is 357 g/mol. The van der Waals surface area contributed by atoms with Crippen LogP contribution in [0.15, 0.2) is 22.8 Å². The molecule has 2 aromatic rings. The smallest absolute Gasteiger partial charge is 0.204 e. The molecule has 0 aliphatic carbocycles. The highest BCUT2D eigenvalue weighted by Crippen LogP contribution is 2.24. The van der Waals surface area contributed by atoms with Crippen LogP contribution in [-0.4, -0.2) is 28.2 Å². The van der Waals surface area contributed by atoms with Gasteiger partial charge >= 0.3 is 0 Å². The minimum Gasteiger partial charge on any atom is -0.347 e. The zero-order chi connectivity index (χ0) is 15.4. The lowest BCUT2D eigenvalue weighted by Crippen LogP contribution is -2.09. The van der Waals surface area contributed by atoms with Gasteiger partial charge in [-0.1, -0.05) is 5.21 Å². The Bertz CT molecular complexity index is 612. The summed E-state index contributed by atoms with van der Waals surface area (Å²) in [6.45, 7) is 6.64. The molecule has 0 aliphatic rings. The molecule has 21 heavy (non-hydrogen) atoms. The van der Waals surface area contributed by atoms with E-state index in [2.05, 4.69) is 26.2 Å². The lowest BCUT2D eigenvalue weighted by atomic mass is 10.2. The molecule has 0 atom stereocenters. The molecule has 0 saturated carbocycles. The molecule has 0 fully saturated rings. The van der Waals surface area contributed by atoms with E-state index in [9.17, 15) is 4.39 Å². The summed E-state index contributed by atoms with van der Waals surface area (Å²) in [5.74, 6) is -0.348. The van der Waals surface area contributed by atoms with Gasteiger partial charge in [0.25, 0.3) is 0 Å². The normalized spacial score (nSPS) is 11.3. The standard InChI is InChI=1S/C14H17BrFN3O2/c1-4-20-14(21-5-2)12-8-19(18-17-12)13-7-11(16)10(15)6-9(13)3/h6-8,14H,4-5H2,1-3H3. The van der Waals surface area contributed by atoms with E-state index in [1.54, 1.807) is 12.3 Å². The Morgan fingerprint density at radius 3 is 2.57 bits per heavy atom. The predicted molar refractivity (Wildman–Crippen MR) is 79.7 cm³/mol. The molecular formula is C14H17BrFN3O2. The maximum atomic E-state index is 13.7. The molecule has 0 unspecified atom stereocenters. The molecule has 0 spiro atoms. The summed E-state index contributed by atoms with van der Waals surface area (Å²) in [7, 11) is 0. The number of aromatic nitrogens is 3. The average Bonchev–Trinajstić information content (AvgIpc) is 2.92. The molecule has 1 aromatic heterocycles. The average molecular weight is 358 g/mol. The summed E-state index contributed by atoms with van der Waals surface area (Å²) in [6.07, 6.45) is 1.13. The zero-order valence-corrected chi connectivity index (χ0v) is 13.7. The van der Waals surface area contributed by atoms with Crippen LogP contribution in [-0.2, 0) is 9.47 Å². The Hall–Kier alpha value is -1.31. The van der Waals surface area contributed by atoms with Crippen molar-refractivity contribution in [2.75, 3.05) is 13.2 Å². The van der Waals surface area contributed by atoms with Crippen molar-refractivity contribution in [2.45, 2.75) is 27.1 Å². The van der Waals surface area contributed by atoms with E-state index >= 15 is 0 Å². The van der Waals surface area contributed by atoms with Crippen molar-refractivity contribution in [1.82, 2.24) is 15.0 Å². The van der Waals surface area contributed by atoms with E-state index in [1.807, 2.05) is 20.8 Å². The van der Waals surface area contributed by atoms with Crippen molar-refractivity contribution in [3.8, 4) is 5.69 Å². The van der Waals surface area contributed by atoms with Gasteiger partial charge in [0, 0.05) is 19.3 Å². The predicted octanol–water partition coefficient (Wildman–Crippen LogP) is 3.55. The van der Waals surface area contributed by atoms with Crippen LogP contribution < -0.4 is 0 Å². The Morgan fingerprint density at radius 1 is 1.29 bits per heavy atom. The van der Waals surface area contributed by atoms with Crippen LogP contribution in [0.25, 0.3) is 5.69 Å². The molecular weight excluding hydrogens is 341 g/mol. The first-order chi connectivity index (χ1) is 10.1. The fourth-order valence-corrected chi connectivity index (χ4v) is 2.36. The molecule has 2 rings (SSSR count). The van der Waals surface area contributed by atoms with E-state index in [0.29, 0.717) is 29.1 Å². The SMILES string of the molecule is CCOC(OCC)c1cn(-c2cc(F)c(Br)cc2C)nn1. The molecule has 0 N–H and O–H groups in total. The summed E-state index contributed by atoms with van der Waals surface area (Å²) < 4.78 is 26.6. The number of halogens is 2. The lowest BCUT2D eigenvalue weighted by molar-refractivity contribution is -0.142. The molecule has 0 aliphatic heterocycles. The summed E-state index contributed by atoms with van der Waals surface area (Å²) in [4.78, 5) is 0. The van der Waals surface area contributed by atoms with E-state index in [4.69, 9.17) is 9.47 Å². The summed E-state index contributed by atoms with van der Waals surface area (Å²) in [6, 6.07) is 3.11. The number of aryl methyl sites for hydroxylation is 1. The fourth-order valence-electron chi connectivity index (χ4n) is 1.91. The van der Waals surface area contributed by atoms with Gasteiger partial charge in [-0.3, -0.25) is 0 Å². The number of nitrogens with zero attached hydrogens (tertiary/aromatic N) is 3. The topological polar surface area (TPSA) is 49.2 Å². The van der Waals surface area contributed by atoms with Crippen LogP contribution in [0.1, 0.15) is 31.4 Å². The van der Waals surface area contributed by atoms with Crippen LogP contribution >= 0.6 is 15.9 Å². The second-order valence-electron chi connectivity index (χ2n) is 4.38. The molecule has 114 valence electrons. The van der Waals surface area contributed by atoms with Crippen molar-refractivity contribution < 1.29 is 13.9 Å². The number of hydrogen-bond acceptors (Lipinski definition) is 4. The molecule has 0 bridgehead atoms. The van der Waals surface area contributed by atoms with E-state index in [1.165, 1.54) is 10.7 Å². The van der Waals surface area contributed by atoms with Crippen LogP contribution in [0, 0.1) is 12.7 Å². The first-order valence-corrected chi connectivity index (χ1v) is 7.47. The Balaban J connectivity index is 2.33. The summed E-state index contributed by atoms with van der Waals surface area (Å²) in [5, 5.41) is 8.08. The van der Waals surface area contributed by atoms with Crippen molar-refractivity contribution in [3.63, 3.8) is 0 Å². The third-order valence-electron chi connectivity index (χ3n) is 2.87.